The first-order valence-corrected chi connectivity index (χ1v) is 6.43. The molecule has 0 aromatic heterocycles. The highest BCUT2D eigenvalue weighted by molar-refractivity contribution is 9.10. The molecular formula is C12H14BrFN2O. The predicted molar refractivity (Wildman–Crippen MR) is 67.5 cm³/mol. The zero-order chi connectivity index (χ0) is 12.3. The molecule has 1 unspecified atom stereocenters. The van der Waals surface area contributed by atoms with E-state index >= 15 is 0 Å². The van der Waals surface area contributed by atoms with Gasteiger partial charge in [-0.3, -0.25) is 4.79 Å². The SMILES string of the molecule is O=C(NC1CCCNC1)c1cccc(F)c1Br. The number of nitrogens with one attached hydrogen (secondary N) is 2. The molecule has 1 aromatic rings. The van der Waals surface area contributed by atoms with E-state index in [9.17, 15) is 9.18 Å². The first kappa shape index (κ1) is 12.5. The van der Waals surface area contributed by atoms with E-state index in [2.05, 4.69) is 26.6 Å². The molecule has 1 saturated heterocycles. The minimum atomic E-state index is -0.417. The van der Waals surface area contributed by atoms with Crippen molar-refractivity contribution in [1.29, 1.82) is 0 Å². The van der Waals surface area contributed by atoms with Crippen LogP contribution in [0.4, 0.5) is 4.39 Å². The van der Waals surface area contributed by atoms with Crippen molar-refractivity contribution in [3.8, 4) is 0 Å². The number of hydrogen-bond donors (Lipinski definition) is 2. The fourth-order valence-corrected chi connectivity index (χ4v) is 2.36. The number of hydrogen-bond acceptors (Lipinski definition) is 2. The minimum absolute atomic E-state index is 0.131. The molecule has 2 rings (SSSR count). The zero-order valence-electron chi connectivity index (χ0n) is 9.30. The van der Waals surface area contributed by atoms with Gasteiger partial charge in [0.15, 0.2) is 0 Å². The van der Waals surface area contributed by atoms with Crippen LogP contribution in [0.3, 0.4) is 0 Å². The molecule has 2 N–H and O–H groups in total. The smallest absolute Gasteiger partial charge is 0.252 e. The minimum Gasteiger partial charge on any atom is -0.348 e. The number of carbonyl (C=O) groups is 1. The maximum absolute atomic E-state index is 13.3. The lowest BCUT2D eigenvalue weighted by molar-refractivity contribution is 0.0929. The molecule has 1 aliphatic rings. The molecule has 1 atom stereocenters. The first-order chi connectivity index (χ1) is 8.18. The summed E-state index contributed by atoms with van der Waals surface area (Å²) in [5.41, 5.74) is 0.343. The maximum Gasteiger partial charge on any atom is 0.252 e. The molecule has 5 heteroatoms. The number of amides is 1. The van der Waals surface area contributed by atoms with E-state index in [-0.39, 0.29) is 16.4 Å². The Kier molecular flexibility index (Phi) is 4.12. The van der Waals surface area contributed by atoms with Crippen molar-refractivity contribution in [3.63, 3.8) is 0 Å². The lowest BCUT2D eigenvalue weighted by atomic mass is 10.1. The van der Waals surface area contributed by atoms with Crippen LogP contribution < -0.4 is 10.6 Å². The van der Waals surface area contributed by atoms with Crippen molar-refractivity contribution in [2.75, 3.05) is 13.1 Å². The van der Waals surface area contributed by atoms with Gasteiger partial charge in [-0.25, -0.2) is 4.39 Å². The van der Waals surface area contributed by atoms with Crippen LogP contribution in [-0.4, -0.2) is 25.0 Å². The fraction of sp³-hybridized carbons (Fsp3) is 0.417. The summed E-state index contributed by atoms with van der Waals surface area (Å²) in [6.45, 7) is 1.77. The largest absolute Gasteiger partial charge is 0.348 e. The second-order valence-electron chi connectivity index (χ2n) is 4.12. The van der Waals surface area contributed by atoms with Crippen LogP contribution in [0.2, 0.25) is 0 Å². The van der Waals surface area contributed by atoms with Crippen LogP contribution in [0.1, 0.15) is 23.2 Å². The Bertz CT molecular complexity index is 419. The summed E-state index contributed by atoms with van der Waals surface area (Å²) in [6.07, 6.45) is 2.01. The Morgan fingerprint density at radius 1 is 1.53 bits per heavy atom. The third kappa shape index (κ3) is 3.04. The monoisotopic (exact) mass is 300 g/mol. The molecule has 1 amide bonds. The molecule has 1 heterocycles. The van der Waals surface area contributed by atoms with Crippen molar-refractivity contribution in [3.05, 3.63) is 34.1 Å². The van der Waals surface area contributed by atoms with E-state index in [1.165, 1.54) is 12.1 Å². The van der Waals surface area contributed by atoms with Gasteiger partial charge in [0.25, 0.3) is 5.91 Å². The van der Waals surface area contributed by atoms with Crippen LogP contribution in [-0.2, 0) is 0 Å². The van der Waals surface area contributed by atoms with Crippen molar-refractivity contribution < 1.29 is 9.18 Å². The quantitative estimate of drug-likeness (QED) is 0.878. The number of halogens is 2. The van der Waals surface area contributed by atoms with Gasteiger partial charge in [0.05, 0.1) is 10.0 Å². The predicted octanol–water partition coefficient (Wildman–Crippen LogP) is 2.07. The molecule has 1 aromatic carbocycles. The molecule has 0 radical (unpaired) electrons. The first-order valence-electron chi connectivity index (χ1n) is 5.64. The van der Waals surface area contributed by atoms with Crippen LogP contribution in [0.25, 0.3) is 0 Å². The molecular weight excluding hydrogens is 287 g/mol. The van der Waals surface area contributed by atoms with Crippen molar-refractivity contribution in [2.45, 2.75) is 18.9 Å². The summed E-state index contributed by atoms with van der Waals surface area (Å²) >= 11 is 3.09. The van der Waals surface area contributed by atoms with Crippen molar-refractivity contribution in [1.82, 2.24) is 10.6 Å². The summed E-state index contributed by atoms with van der Waals surface area (Å²) in [4.78, 5) is 12.0. The Morgan fingerprint density at radius 2 is 2.35 bits per heavy atom. The van der Waals surface area contributed by atoms with Gasteiger partial charge in [-0.2, -0.15) is 0 Å². The Balaban J connectivity index is 2.06. The molecule has 0 bridgehead atoms. The molecule has 3 nitrogen and oxygen atoms in total. The average Bonchev–Trinajstić information content (AvgIpc) is 2.34. The van der Waals surface area contributed by atoms with E-state index in [1.54, 1.807) is 6.07 Å². The van der Waals surface area contributed by atoms with Gasteiger partial charge in [-0.1, -0.05) is 6.07 Å². The molecule has 1 aliphatic heterocycles. The Hall–Kier alpha value is -0.940. The zero-order valence-corrected chi connectivity index (χ0v) is 10.9. The number of rotatable bonds is 2. The van der Waals surface area contributed by atoms with Gasteiger partial charge in [0.1, 0.15) is 5.82 Å². The third-order valence-corrected chi connectivity index (χ3v) is 3.63. The Morgan fingerprint density at radius 3 is 3.06 bits per heavy atom. The van der Waals surface area contributed by atoms with Crippen LogP contribution in [0.5, 0.6) is 0 Å². The van der Waals surface area contributed by atoms with Gasteiger partial charge in [0, 0.05) is 12.6 Å². The molecule has 92 valence electrons. The average molecular weight is 301 g/mol. The van der Waals surface area contributed by atoms with Gasteiger partial charge in [-0.15, -0.1) is 0 Å². The summed E-state index contributed by atoms with van der Waals surface area (Å²) in [6, 6.07) is 4.60. The molecule has 0 aliphatic carbocycles. The molecule has 0 spiro atoms. The van der Waals surface area contributed by atoms with E-state index in [4.69, 9.17) is 0 Å². The summed E-state index contributed by atoms with van der Waals surface area (Å²) in [7, 11) is 0. The lowest BCUT2D eigenvalue weighted by Gasteiger charge is -2.24. The van der Waals surface area contributed by atoms with Crippen molar-refractivity contribution >= 4 is 21.8 Å². The summed E-state index contributed by atoms with van der Waals surface area (Å²) in [5, 5.41) is 6.12. The molecule has 0 saturated carbocycles. The lowest BCUT2D eigenvalue weighted by Crippen LogP contribution is -2.45. The van der Waals surface area contributed by atoms with E-state index < -0.39 is 5.82 Å². The Labute approximate surface area is 108 Å². The highest BCUT2D eigenvalue weighted by Crippen LogP contribution is 2.20. The fourth-order valence-electron chi connectivity index (χ4n) is 1.92. The van der Waals surface area contributed by atoms with E-state index in [1.807, 2.05) is 0 Å². The van der Waals surface area contributed by atoms with E-state index in [0.29, 0.717) is 5.56 Å². The molecule has 17 heavy (non-hydrogen) atoms. The summed E-state index contributed by atoms with van der Waals surface area (Å²) in [5.74, 6) is -0.649. The van der Waals surface area contributed by atoms with Gasteiger partial charge in [-0.05, 0) is 47.4 Å². The van der Waals surface area contributed by atoms with Gasteiger partial charge in [0.2, 0.25) is 0 Å². The summed E-state index contributed by atoms with van der Waals surface area (Å²) < 4.78 is 13.5. The topological polar surface area (TPSA) is 41.1 Å². The van der Waals surface area contributed by atoms with Crippen LogP contribution >= 0.6 is 15.9 Å². The molecule has 1 fully saturated rings. The van der Waals surface area contributed by atoms with E-state index in [0.717, 1.165) is 25.9 Å². The van der Waals surface area contributed by atoms with Crippen LogP contribution in [0, 0.1) is 5.82 Å². The second-order valence-corrected chi connectivity index (χ2v) is 4.91. The highest BCUT2D eigenvalue weighted by atomic mass is 79.9. The highest BCUT2D eigenvalue weighted by Gasteiger charge is 2.18. The number of carbonyl (C=O) groups excluding carboxylic acids is 1. The van der Waals surface area contributed by atoms with Crippen molar-refractivity contribution in [2.24, 2.45) is 0 Å². The second kappa shape index (κ2) is 5.60. The van der Waals surface area contributed by atoms with Gasteiger partial charge >= 0.3 is 0 Å². The van der Waals surface area contributed by atoms with Gasteiger partial charge < -0.3 is 10.6 Å². The van der Waals surface area contributed by atoms with Crippen LogP contribution in [0.15, 0.2) is 22.7 Å². The number of piperidine rings is 1. The maximum atomic E-state index is 13.3. The normalized spacial score (nSPS) is 20.0. The number of benzene rings is 1. The third-order valence-electron chi connectivity index (χ3n) is 2.83. The standard InChI is InChI=1S/C12H14BrFN2O/c13-11-9(4-1-5-10(11)14)12(17)16-8-3-2-6-15-7-8/h1,4-5,8,15H,2-3,6-7H2,(H,16,17).